The van der Waals surface area contributed by atoms with Crippen molar-refractivity contribution in [1.29, 1.82) is 0 Å². The van der Waals surface area contributed by atoms with Crippen LogP contribution in [0.15, 0.2) is 71.9 Å². The molecule has 11 nitrogen and oxygen atoms in total. The Hall–Kier alpha value is -4.21. The number of nitrogens with zero attached hydrogens (tertiary/aromatic N) is 5. The van der Waals surface area contributed by atoms with E-state index >= 15 is 0 Å². The van der Waals surface area contributed by atoms with E-state index in [4.69, 9.17) is 9.72 Å². The van der Waals surface area contributed by atoms with Gasteiger partial charge in [-0.25, -0.2) is 14.6 Å². The first-order chi connectivity index (χ1) is 22.8. The van der Waals surface area contributed by atoms with Crippen LogP contribution >= 0.6 is 0 Å². The number of sulfonamides is 1. The molecule has 1 aromatic carbocycles. The third kappa shape index (κ3) is 8.25. The van der Waals surface area contributed by atoms with E-state index in [1.165, 1.54) is 22.9 Å². The largest absolute Gasteiger partial charge is 0.476 e. The van der Waals surface area contributed by atoms with Crippen molar-refractivity contribution in [3.63, 3.8) is 0 Å². The molecule has 4 heterocycles. The highest BCUT2D eigenvalue weighted by atomic mass is 32.2. The van der Waals surface area contributed by atoms with Crippen LogP contribution < -0.4 is 14.4 Å². The molecule has 0 fully saturated rings. The fourth-order valence-electron chi connectivity index (χ4n) is 5.22. The predicted octanol–water partition coefficient (Wildman–Crippen LogP) is 5.37. The summed E-state index contributed by atoms with van der Waals surface area (Å²) in [6.07, 6.45) is 0.163. The molecule has 5 rings (SSSR count). The van der Waals surface area contributed by atoms with Crippen molar-refractivity contribution in [1.82, 2.24) is 19.7 Å². The SMILES string of the molecule is CC(C)(COc1ccn(-c2ccc3nc2-c2ccccc2CCCCCCN(C[C@@H](O)CO)c2cccc(n2)S(=O)(=O)N3)n1)C(F)(F)F. The van der Waals surface area contributed by atoms with E-state index in [1.54, 1.807) is 29.3 Å². The fourth-order valence-corrected chi connectivity index (χ4v) is 6.18. The highest BCUT2D eigenvalue weighted by molar-refractivity contribution is 7.92. The number of aryl methyl sites for hydroxylation is 1. The summed E-state index contributed by atoms with van der Waals surface area (Å²) in [5.41, 5.74) is 0.511. The van der Waals surface area contributed by atoms with E-state index in [0.29, 0.717) is 30.2 Å². The summed E-state index contributed by atoms with van der Waals surface area (Å²) in [5, 5.41) is 23.7. The molecule has 4 bridgehead atoms. The number of rotatable bonds is 7. The van der Waals surface area contributed by atoms with E-state index in [1.807, 2.05) is 24.3 Å². The number of β-amino-alcohol motifs (C(OH)–C–C–N with tert-alkyl or cyclic N) is 1. The second kappa shape index (κ2) is 14.5. The lowest BCUT2D eigenvalue weighted by Crippen LogP contribution is -2.37. The van der Waals surface area contributed by atoms with Crippen LogP contribution in [-0.2, 0) is 16.4 Å². The van der Waals surface area contributed by atoms with Gasteiger partial charge in [0.05, 0.1) is 29.5 Å². The molecule has 0 saturated carbocycles. The molecule has 1 aliphatic heterocycles. The zero-order valence-electron chi connectivity index (χ0n) is 26.7. The van der Waals surface area contributed by atoms with Crippen LogP contribution in [0, 0.1) is 5.41 Å². The van der Waals surface area contributed by atoms with Crippen molar-refractivity contribution in [3.05, 3.63) is 72.4 Å². The molecule has 0 spiro atoms. The maximum absolute atomic E-state index is 13.6. The molecule has 48 heavy (non-hydrogen) atoms. The quantitative estimate of drug-likeness (QED) is 0.234. The maximum atomic E-state index is 13.6. The number of fused-ring (bicyclic) bond motifs is 6. The number of aliphatic hydroxyl groups excluding tert-OH is 2. The summed E-state index contributed by atoms with van der Waals surface area (Å²) < 4.78 is 76.8. The number of ether oxygens (including phenoxy) is 1. The number of nitrogens with one attached hydrogen (secondary N) is 1. The first-order valence-corrected chi connectivity index (χ1v) is 17.1. The molecule has 0 unspecified atom stereocenters. The molecule has 3 aromatic heterocycles. The number of hydrogen-bond acceptors (Lipinski definition) is 9. The van der Waals surface area contributed by atoms with Crippen LogP contribution in [0.4, 0.5) is 24.8 Å². The highest BCUT2D eigenvalue weighted by Crippen LogP contribution is 2.38. The minimum Gasteiger partial charge on any atom is -0.476 e. The summed E-state index contributed by atoms with van der Waals surface area (Å²) in [6.45, 7) is 1.63. The Morgan fingerprint density at radius 3 is 2.52 bits per heavy atom. The van der Waals surface area contributed by atoms with Gasteiger partial charge in [0.1, 0.15) is 18.2 Å². The van der Waals surface area contributed by atoms with Crippen molar-refractivity contribution in [2.45, 2.75) is 63.3 Å². The molecular formula is C33H39F3N6O5S. The standard InChI is InChI=1S/C33H39F3N6O5S/c1-32(2,33(34,35)36)22-47-29-17-19-42(39-29)26-15-16-27-37-31(26)25-12-7-6-11-23(25)10-5-3-4-8-18-41(20-24(44)21-43)28-13-9-14-30(38-28)48(45,46)40-27/h6-7,9,11-17,19,24,43-44H,3-5,8,10,18,20-22H2,1-2H3,(H,37,40)/t24-/m1/s1. The Morgan fingerprint density at radius 1 is 0.979 bits per heavy atom. The lowest BCUT2D eigenvalue weighted by molar-refractivity contribution is -0.219. The average Bonchev–Trinajstić information content (AvgIpc) is 3.53. The van der Waals surface area contributed by atoms with Crippen molar-refractivity contribution in [2.24, 2.45) is 5.41 Å². The topological polar surface area (TPSA) is 143 Å². The van der Waals surface area contributed by atoms with Gasteiger partial charge in [-0.3, -0.25) is 4.72 Å². The van der Waals surface area contributed by atoms with Crippen molar-refractivity contribution in [2.75, 3.05) is 35.9 Å². The Bertz CT molecular complexity index is 1820. The number of aromatic nitrogens is 4. The molecule has 0 aliphatic carbocycles. The summed E-state index contributed by atoms with van der Waals surface area (Å²) >= 11 is 0. The summed E-state index contributed by atoms with van der Waals surface area (Å²) in [7, 11) is -4.23. The Balaban J connectivity index is 1.54. The molecule has 15 heteroatoms. The third-order valence-corrected chi connectivity index (χ3v) is 9.38. The molecule has 3 N–H and O–H groups in total. The van der Waals surface area contributed by atoms with Gasteiger partial charge in [0.15, 0.2) is 5.03 Å². The van der Waals surface area contributed by atoms with Gasteiger partial charge in [-0.05, 0) is 62.9 Å². The summed E-state index contributed by atoms with van der Waals surface area (Å²) in [4.78, 5) is 10.9. The summed E-state index contributed by atoms with van der Waals surface area (Å²) in [6, 6.07) is 16.8. The lowest BCUT2D eigenvalue weighted by atomic mass is 9.94. The Morgan fingerprint density at radius 2 is 1.75 bits per heavy atom. The van der Waals surface area contributed by atoms with E-state index in [9.17, 15) is 31.8 Å². The Labute approximate surface area is 277 Å². The van der Waals surface area contributed by atoms with E-state index in [-0.39, 0.29) is 23.3 Å². The first kappa shape index (κ1) is 35.1. The smallest absolute Gasteiger partial charge is 0.397 e. The van der Waals surface area contributed by atoms with E-state index < -0.39 is 40.9 Å². The van der Waals surface area contributed by atoms with Crippen LogP contribution in [0.25, 0.3) is 16.9 Å². The third-order valence-electron chi connectivity index (χ3n) is 8.12. The predicted molar refractivity (Wildman–Crippen MR) is 175 cm³/mol. The zero-order valence-corrected chi connectivity index (χ0v) is 27.5. The normalized spacial score (nSPS) is 16.4. The van der Waals surface area contributed by atoms with Crippen LogP contribution in [0.1, 0.15) is 45.1 Å². The number of pyridine rings is 2. The molecule has 0 saturated heterocycles. The summed E-state index contributed by atoms with van der Waals surface area (Å²) in [5.74, 6) is 0.359. The van der Waals surface area contributed by atoms with E-state index in [0.717, 1.165) is 50.7 Å². The van der Waals surface area contributed by atoms with Gasteiger partial charge in [0, 0.05) is 30.9 Å². The van der Waals surface area contributed by atoms with Crippen LogP contribution in [0.2, 0.25) is 0 Å². The molecule has 1 atom stereocenters. The van der Waals surface area contributed by atoms with Gasteiger partial charge in [-0.2, -0.15) is 21.6 Å². The fraction of sp³-hybridized carbons (Fsp3) is 0.424. The minimum absolute atomic E-state index is 0.00614. The maximum Gasteiger partial charge on any atom is 0.397 e. The van der Waals surface area contributed by atoms with Crippen molar-refractivity contribution in [3.8, 4) is 22.8 Å². The van der Waals surface area contributed by atoms with Gasteiger partial charge in [-0.1, -0.05) is 43.2 Å². The highest BCUT2D eigenvalue weighted by Gasteiger charge is 2.48. The molecule has 1 aliphatic rings. The van der Waals surface area contributed by atoms with Gasteiger partial charge in [0.25, 0.3) is 10.0 Å². The average molecular weight is 689 g/mol. The number of benzene rings is 1. The second-order valence-corrected chi connectivity index (χ2v) is 14.0. The van der Waals surface area contributed by atoms with Crippen molar-refractivity contribution < 1.29 is 36.5 Å². The van der Waals surface area contributed by atoms with Crippen LogP contribution in [0.5, 0.6) is 5.88 Å². The van der Waals surface area contributed by atoms with Crippen molar-refractivity contribution >= 4 is 21.7 Å². The molecule has 0 radical (unpaired) electrons. The molecule has 4 aromatic rings. The number of aliphatic hydroxyl groups is 2. The molecule has 258 valence electrons. The number of alkyl halides is 3. The Kier molecular flexibility index (Phi) is 10.6. The monoisotopic (exact) mass is 688 g/mol. The number of halogens is 3. The van der Waals surface area contributed by atoms with Crippen LogP contribution in [0.3, 0.4) is 0 Å². The molecular weight excluding hydrogens is 649 g/mol. The lowest BCUT2D eigenvalue weighted by Gasteiger charge is -2.26. The van der Waals surface area contributed by atoms with Crippen LogP contribution in [-0.4, -0.2) is 77.0 Å². The van der Waals surface area contributed by atoms with Gasteiger partial charge in [0.2, 0.25) is 5.88 Å². The minimum atomic E-state index is -4.46. The van der Waals surface area contributed by atoms with E-state index in [2.05, 4.69) is 14.8 Å². The second-order valence-electron chi connectivity index (χ2n) is 12.4. The first-order valence-electron chi connectivity index (χ1n) is 15.7. The molecule has 0 amide bonds. The number of anilines is 2. The number of hydrogen-bond donors (Lipinski definition) is 3. The van der Waals surface area contributed by atoms with Gasteiger partial charge >= 0.3 is 6.18 Å². The van der Waals surface area contributed by atoms with Gasteiger partial charge < -0.3 is 19.8 Å². The van der Waals surface area contributed by atoms with Gasteiger partial charge in [-0.15, -0.1) is 5.10 Å². The zero-order chi connectivity index (χ0) is 34.5.